The van der Waals surface area contributed by atoms with Crippen LogP contribution in [0, 0.1) is 5.82 Å². The van der Waals surface area contributed by atoms with Gasteiger partial charge in [0.2, 0.25) is 10.0 Å². The molecule has 1 aliphatic heterocycles. The van der Waals surface area contributed by atoms with Crippen molar-refractivity contribution >= 4 is 15.9 Å². The summed E-state index contributed by atoms with van der Waals surface area (Å²) in [6.45, 7) is 2.55. The fourth-order valence-electron chi connectivity index (χ4n) is 4.57. The minimum absolute atomic E-state index is 0.0713. The molecule has 0 radical (unpaired) electrons. The molecule has 1 N–H and O–H groups in total. The number of amides is 1. The smallest absolute Gasteiger partial charge is 0.254 e. The Bertz CT molecular complexity index is 830. The molecule has 29 heavy (non-hydrogen) atoms. The standard InChI is InChI=1S/C21H32FN3O3S/c1-24(2)29(27,28)17-9-10-19(22)18(15-17)20(26)23-16-21(11-5-3-6-12-21)25-13-7-4-8-14-25/h9-10,15H,3-8,11-14,16H2,1-2H3,(H,23,26). The van der Waals surface area contributed by atoms with Crippen LogP contribution >= 0.6 is 0 Å². The molecule has 1 amide bonds. The van der Waals surface area contributed by atoms with E-state index in [1.54, 1.807) is 0 Å². The third-order valence-electron chi connectivity index (χ3n) is 6.35. The van der Waals surface area contributed by atoms with Crippen LogP contribution in [0.4, 0.5) is 4.39 Å². The third kappa shape index (κ3) is 4.81. The van der Waals surface area contributed by atoms with Crippen LogP contribution in [0.15, 0.2) is 23.1 Å². The van der Waals surface area contributed by atoms with E-state index in [-0.39, 0.29) is 16.0 Å². The van der Waals surface area contributed by atoms with Crippen LogP contribution in [0.3, 0.4) is 0 Å². The van der Waals surface area contributed by atoms with Crippen LogP contribution in [0.5, 0.6) is 0 Å². The van der Waals surface area contributed by atoms with Crippen LogP contribution in [0.25, 0.3) is 0 Å². The highest BCUT2D eigenvalue weighted by Gasteiger charge is 2.38. The summed E-state index contributed by atoms with van der Waals surface area (Å²) in [6, 6.07) is 3.37. The molecule has 1 heterocycles. The van der Waals surface area contributed by atoms with Gasteiger partial charge in [-0.3, -0.25) is 9.69 Å². The van der Waals surface area contributed by atoms with Crippen molar-refractivity contribution in [3.05, 3.63) is 29.6 Å². The Hall–Kier alpha value is -1.51. The van der Waals surface area contributed by atoms with Crippen LogP contribution in [-0.2, 0) is 10.0 Å². The predicted octanol–water partition coefficient (Wildman–Crippen LogP) is 2.99. The second-order valence-corrected chi connectivity index (χ2v) is 10.6. The van der Waals surface area contributed by atoms with Gasteiger partial charge in [-0.25, -0.2) is 17.1 Å². The quantitative estimate of drug-likeness (QED) is 0.761. The minimum atomic E-state index is -3.74. The van der Waals surface area contributed by atoms with Crippen molar-refractivity contribution in [2.45, 2.75) is 61.8 Å². The Morgan fingerprint density at radius 1 is 1.10 bits per heavy atom. The third-order valence-corrected chi connectivity index (χ3v) is 8.16. The molecule has 6 nitrogen and oxygen atoms in total. The molecule has 1 saturated carbocycles. The lowest BCUT2D eigenvalue weighted by Crippen LogP contribution is -2.58. The lowest BCUT2D eigenvalue weighted by molar-refractivity contribution is 0.0326. The number of hydrogen-bond acceptors (Lipinski definition) is 4. The lowest BCUT2D eigenvalue weighted by atomic mass is 9.79. The Morgan fingerprint density at radius 3 is 2.34 bits per heavy atom. The number of nitrogens with one attached hydrogen (secondary N) is 1. The number of likely N-dealkylation sites (tertiary alicyclic amines) is 1. The average molecular weight is 426 g/mol. The van der Waals surface area contributed by atoms with Gasteiger partial charge < -0.3 is 5.32 Å². The highest BCUT2D eigenvalue weighted by molar-refractivity contribution is 7.89. The topological polar surface area (TPSA) is 69.7 Å². The molecule has 0 spiro atoms. The Morgan fingerprint density at radius 2 is 1.72 bits per heavy atom. The molecule has 2 fully saturated rings. The summed E-state index contributed by atoms with van der Waals surface area (Å²) in [7, 11) is -0.923. The van der Waals surface area contributed by atoms with Gasteiger partial charge in [-0.15, -0.1) is 0 Å². The summed E-state index contributed by atoms with van der Waals surface area (Å²) >= 11 is 0. The number of nitrogens with zero attached hydrogens (tertiary/aromatic N) is 2. The normalized spacial score (nSPS) is 20.6. The van der Waals surface area contributed by atoms with E-state index in [1.165, 1.54) is 45.8 Å². The maximum atomic E-state index is 14.3. The van der Waals surface area contributed by atoms with Crippen LogP contribution < -0.4 is 5.32 Å². The van der Waals surface area contributed by atoms with Gasteiger partial charge in [-0.1, -0.05) is 25.7 Å². The lowest BCUT2D eigenvalue weighted by Gasteiger charge is -2.48. The number of hydrogen-bond donors (Lipinski definition) is 1. The van der Waals surface area contributed by atoms with E-state index >= 15 is 0 Å². The van der Waals surface area contributed by atoms with E-state index in [0.29, 0.717) is 6.54 Å². The maximum Gasteiger partial charge on any atom is 0.254 e. The Kier molecular flexibility index (Phi) is 6.96. The molecule has 1 aliphatic carbocycles. The molecule has 0 bridgehead atoms. The SMILES string of the molecule is CN(C)S(=O)(=O)c1ccc(F)c(C(=O)NCC2(N3CCCCC3)CCCCC2)c1. The monoisotopic (exact) mass is 425 g/mol. The van der Waals surface area contributed by atoms with Crippen LogP contribution in [0.2, 0.25) is 0 Å². The van der Waals surface area contributed by atoms with Crippen molar-refractivity contribution in [1.82, 2.24) is 14.5 Å². The van der Waals surface area contributed by atoms with E-state index in [4.69, 9.17) is 0 Å². The Balaban J connectivity index is 1.78. The molecule has 0 unspecified atom stereocenters. The zero-order valence-corrected chi connectivity index (χ0v) is 18.2. The molecule has 0 aromatic heterocycles. The molecule has 0 atom stereocenters. The minimum Gasteiger partial charge on any atom is -0.350 e. The zero-order valence-electron chi connectivity index (χ0n) is 17.4. The van der Waals surface area contributed by atoms with Crippen molar-refractivity contribution < 1.29 is 17.6 Å². The van der Waals surface area contributed by atoms with E-state index in [9.17, 15) is 17.6 Å². The summed E-state index contributed by atoms with van der Waals surface area (Å²) in [4.78, 5) is 15.2. The van der Waals surface area contributed by atoms with Crippen molar-refractivity contribution in [1.29, 1.82) is 0 Å². The molecule has 8 heteroatoms. The highest BCUT2D eigenvalue weighted by atomic mass is 32.2. The first-order valence-electron chi connectivity index (χ1n) is 10.5. The highest BCUT2D eigenvalue weighted by Crippen LogP contribution is 2.35. The first-order chi connectivity index (χ1) is 13.8. The van der Waals surface area contributed by atoms with E-state index < -0.39 is 21.7 Å². The fraction of sp³-hybridized carbons (Fsp3) is 0.667. The molecule has 1 saturated heterocycles. The molecule has 162 valence electrons. The second kappa shape index (κ2) is 9.10. The van der Waals surface area contributed by atoms with Gasteiger partial charge in [0.05, 0.1) is 10.5 Å². The van der Waals surface area contributed by atoms with Crippen molar-refractivity contribution in [2.24, 2.45) is 0 Å². The van der Waals surface area contributed by atoms with Crippen LogP contribution in [0.1, 0.15) is 61.7 Å². The summed E-state index contributed by atoms with van der Waals surface area (Å²) in [5.41, 5.74) is -0.296. The van der Waals surface area contributed by atoms with Crippen molar-refractivity contribution in [2.75, 3.05) is 33.7 Å². The van der Waals surface area contributed by atoms with Gasteiger partial charge in [-0.05, 0) is 57.0 Å². The van der Waals surface area contributed by atoms with Gasteiger partial charge in [0, 0.05) is 26.2 Å². The van der Waals surface area contributed by atoms with E-state index in [2.05, 4.69) is 10.2 Å². The maximum absolute atomic E-state index is 14.3. The van der Waals surface area contributed by atoms with Gasteiger partial charge in [0.1, 0.15) is 5.82 Å². The van der Waals surface area contributed by atoms with E-state index in [1.807, 2.05) is 0 Å². The summed E-state index contributed by atoms with van der Waals surface area (Å²) in [5.74, 6) is -1.27. The summed E-state index contributed by atoms with van der Waals surface area (Å²) < 4.78 is 40.1. The molecule has 1 aromatic rings. The zero-order chi connectivity index (χ0) is 21.1. The fourth-order valence-corrected chi connectivity index (χ4v) is 5.50. The van der Waals surface area contributed by atoms with E-state index in [0.717, 1.165) is 55.2 Å². The number of sulfonamides is 1. The number of benzene rings is 1. The summed E-state index contributed by atoms with van der Waals surface area (Å²) in [6.07, 6.45) is 9.15. The number of piperidine rings is 1. The molecular weight excluding hydrogens is 393 g/mol. The molecular formula is C21H32FN3O3S. The second-order valence-electron chi connectivity index (χ2n) is 8.44. The first-order valence-corrected chi connectivity index (χ1v) is 12.0. The van der Waals surface area contributed by atoms with Gasteiger partial charge in [0.15, 0.2) is 0 Å². The summed E-state index contributed by atoms with van der Waals surface area (Å²) in [5, 5.41) is 2.93. The van der Waals surface area contributed by atoms with Crippen LogP contribution in [-0.4, -0.2) is 62.8 Å². The molecule has 3 rings (SSSR count). The Labute approximate surface area is 173 Å². The van der Waals surface area contributed by atoms with Gasteiger partial charge in [-0.2, -0.15) is 0 Å². The molecule has 1 aromatic carbocycles. The first kappa shape index (κ1) is 22.2. The van der Waals surface area contributed by atoms with Crippen molar-refractivity contribution in [3.8, 4) is 0 Å². The number of rotatable bonds is 6. The number of carbonyl (C=O) groups is 1. The van der Waals surface area contributed by atoms with Crippen molar-refractivity contribution in [3.63, 3.8) is 0 Å². The van der Waals surface area contributed by atoms with Gasteiger partial charge >= 0.3 is 0 Å². The average Bonchev–Trinajstić information content (AvgIpc) is 2.73. The van der Waals surface area contributed by atoms with Gasteiger partial charge in [0.25, 0.3) is 5.91 Å². The molecule has 2 aliphatic rings. The number of halogens is 1. The largest absolute Gasteiger partial charge is 0.350 e. The predicted molar refractivity (Wildman–Crippen MR) is 111 cm³/mol. The number of carbonyl (C=O) groups excluding carboxylic acids is 1.